The quantitative estimate of drug-likeness (QED) is 0.373. The van der Waals surface area contributed by atoms with E-state index in [1.165, 1.54) is 6.92 Å². The molecule has 1 aromatic carbocycles. The highest BCUT2D eigenvalue weighted by Crippen LogP contribution is 2.23. The summed E-state index contributed by atoms with van der Waals surface area (Å²) in [5, 5.41) is 0. The average molecular weight is 202 g/mol. The molecule has 0 aromatic heterocycles. The zero-order valence-electron chi connectivity index (χ0n) is 7.30. The van der Waals surface area contributed by atoms with E-state index in [0.29, 0.717) is 0 Å². The van der Waals surface area contributed by atoms with Crippen LogP contribution in [-0.2, 0) is 6.42 Å². The summed E-state index contributed by atoms with van der Waals surface area (Å²) in [4.78, 5) is 0. The van der Waals surface area contributed by atoms with Crippen molar-refractivity contribution in [1.82, 2.24) is 0 Å². The van der Waals surface area contributed by atoms with Gasteiger partial charge in [0.2, 0.25) is 0 Å². The molecular formula is C10H6F4. The summed E-state index contributed by atoms with van der Waals surface area (Å²) in [7, 11) is 0. The fraction of sp³-hybridized carbons (Fsp3) is 0.200. The molecule has 14 heavy (non-hydrogen) atoms. The van der Waals surface area contributed by atoms with Gasteiger partial charge in [-0.2, -0.15) is 0 Å². The van der Waals surface area contributed by atoms with E-state index in [1.54, 1.807) is 5.92 Å². The van der Waals surface area contributed by atoms with Crippen LogP contribution in [0.4, 0.5) is 17.6 Å². The van der Waals surface area contributed by atoms with Gasteiger partial charge in [0, 0.05) is 5.56 Å². The van der Waals surface area contributed by atoms with Crippen LogP contribution in [0.5, 0.6) is 0 Å². The summed E-state index contributed by atoms with van der Waals surface area (Å²) in [6, 6.07) is 0. The van der Waals surface area contributed by atoms with Gasteiger partial charge in [0.05, 0.1) is 0 Å². The van der Waals surface area contributed by atoms with E-state index in [4.69, 9.17) is 6.42 Å². The predicted molar refractivity (Wildman–Crippen MR) is 43.6 cm³/mol. The second kappa shape index (κ2) is 3.70. The van der Waals surface area contributed by atoms with Gasteiger partial charge in [-0.15, -0.1) is 6.42 Å². The molecule has 1 rings (SSSR count). The van der Waals surface area contributed by atoms with E-state index in [0.717, 1.165) is 0 Å². The molecule has 0 fully saturated rings. The zero-order chi connectivity index (χ0) is 10.9. The Kier molecular flexibility index (Phi) is 2.80. The standard InChI is InChI=1S/C10H6F4/c1-3-5-7(11)9(13)6(4-2)10(14)8(5)12/h1H,4H2,2H3. The van der Waals surface area contributed by atoms with Gasteiger partial charge >= 0.3 is 0 Å². The highest BCUT2D eigenvalue weighted by molar-refractivity contribution is 5.39. The van der Waals surface area contributed by atoms with Crippen molar-refractivity contribution >= 4 is 0 Å². The van der Waals surface area contributed by atoms with Crippen molar-refractivity contribution in [3.63, 3.8) is 0 Å². The van der Waals surface area contributed by atoms with Gasteiger partial charge in [0.25, 0.3) is 0 Å². The van der Waals surface area contributed by atoms with E-state index < -0.39 is 34.4 Å². The maximum atomic E-state index is 13.0. The summed E-state index contributed by atoms with van der Waals surface area (Å²) in [6.07, 6.45) is 4.57. The van der Waals surface area contributed by atoms with Crippen molar-refractivity contribution < 1.29 is 17.6 Å². The molecule has 0 saturated carbocycles. The third-order valence-electron chi connectivity index (χ3n) is 1.85. The molecule has 0 N–H and O–H groups in total. The Morgan fingerprint density at radius 3 is 1.71 bits per heavy atom. The van der Waals surface area contributed by atoms with Gasteiger partial charge < -0.3 is 0 Å². The topological polar surface area (TPSA) is 0 Å². The molecule has 0 radical (unpaired) electrons. The van der Waals surface area contributed by atoms with Crippen LogP contribution in [0.3, 0.4) is 0 Å². The minimum absolute atomic E-state index is 0.143. The monoisotopic (exact) mass is 202 g/mol. The minimum Gasteiger partial charge on any atom is -0.203 e. The lowest BCUT2D eigenvalue weighted by Crippen LogP contribution is -2.05. The SMILES string of the molecule is C#Cc1c(F)c(F)c(CC)c(F)c1F. The Bertz CT molecular complexity index is 379. The Labute approximate surface area is 78.6 Å². The number of rotatable bonds is 1. The summed E-state index contributed by atoms with van der Waals surface area (Å²) in [6.45, 7) is 1.38. The third kappa shape index (κ3) is 1.35. The number of hydrogen-bond donors (Lipinski definition) is 0. The second-order valence-electron chi connectivity index (χ2n) is 2.61. The van der Waals surface area contributed by atoms with Crippen molar-refractivity contribution in [1.29, 1.82) is 0 Å². The first-order valence-corrected chi connectivity index (χ1v) is 3.86. The van der Waals surface area contributed by atoms with Gasteiger partial charge in [-0.25, -0.2) is 17.6 Å². The predicted octanol–water partition coefficient (Wildman–Crippen LogP) is 2.79. The van der Waals surface area contributed by atoms with Crippen molar-refractivity contribution in [3.8, 4) is 12.3 Å². The summed E-state index contributed by atoms with van der Waals surface area (Å²) in [5.74, 6) is -4.29. The molecule has 0 bridgehead atoms. The Balaban J connectivity index is 3.66. The van der Waals surface area contributed by atoms with Gasteiger partial charge in [-0.3, -0.25) is 0 Å². The molecule has 0 unspecified atom stereocenters. The van der Waals surface area contributed by atoms with Gasteiger partial charge in [-0.1, -0.05) is 12.8 Å². The van der Waals surface area contributed by atoms with Gasteiger partial charge in [0.15, 0.2) is 23.3 Å². The van der Waals surface area contributed by atoms with Crippen LogP contribution in [0, 0.1) is 35.6 Å². The minimum atomic E-state index is -1.51. The molecule has 0 amide bonds. The maximum absolute atomic E-state index is 13.0. The molecule has 0 aliphatic rings. The molecule has 4 heteroatoms. The first-order chi connectivity index (χ1) is 6.54. The molecule has 1 aromatic rings. The van der Waals surface area contributed by atoms with Crippen molar-refractivity contribution in [2.75, 3.05) is 0 Å². The highest BCUT2D eigenvalue weighted by atomic mass is 19.2. The lowest BCUT2D eigenvalue weighted by atomic mass is 10.1. The molecule has 0 aliphatic carbocycles. The molecular weight excluding hydrogens is 196 g/mol. The van der Waals surface area contributed by atoms with Crippen LogP contribution < -0.4 is 0 Å². The van der Waals surface area contributed by atoms with E-state index in [9.17, 15) is 17.6 Å². The maximum Gasteiger partial charge on any atom is 0.177 e. The lowest BCUT2D eigenvalue weighted by molar-refractivity contribution is 0.437. The molecule has 0 heterocycles. The molecule has 0 nitrogen and oxygen atoms in total. The van der Waals surface area contributed by atoms with Gasteiger partial charge in [-0.05, 0) is 6.42 Å². The van der Waals surface area contributed by atoms with Crippen LogP contribution >= 0.6 is 0 Å². The number of terminal acetylenes is 1. The van der Waals surface area contributed by atoms with Crippen molar-refractivity contribution in [2.45, 2.75) is 13.3 Å². The Hall–Kier alpha value is -1.50. The third-order valence-corrected chi connectivity index (χ3v) is 1.85. The molecule has 0 spiro atoms. The van der Waals surface area contributed by atoms with Gasteiger partial charge in [0.1, 0.15) is 5.56 Å². The molecule has 74 valence electrons. The second-order valence-corrected chi connectivity index (χ2v) is 2.61. The zero-order valence-corrected chi connectivity index (χ0v) is 7.30. The molecule has 0 aliphatic heterocycles. The number of halogens is 4. The van der Waals surface area contributed by atoms with E-state index in [2.05, 4.69) is 0 Å². The van der Waals surface area contributed by atoms with Crippen LogP contribution in [0.2, 0.25) is 0 Å². The average Bonchev–Trinajstić information content (AvgIpc) is 2.17. The summed E-state index contributed by atoms with van der Waals surface area (Å²) < 4.78 is 52.0. The van der Waals surface area contributed by atoms with Crippen LogP contribution in [0.25, 0.3) is 0 Å². The molecule has 0 atom stereocenters. The first-order valence-electron chi connectivity index (χ1n) is 3.86. The summed E-state index contributed by atoms with van der Waals surface area (Å²) >= 11 is 0. The van der Waals surface area contributed by atoms with Crippen molar-refractivity contribution in [3.05, 3.63) is 34.4 Å². The smallest absolute Gasteiger partial charge is 0.177 e. The lowest BCUT2D eigenvalue weighted by Gasteiger charge is -2.06. The van der Waals surface area contributed by atoms with Crippen LogP contribution in [-0.4, -0.2) is 0 Å². The first kappa shape index (κ1) is 10.6. The van der Waals surface area contributed by atoms with Crippen LogP contribution in [0.1, 0.15) is 18.1 Å². The highest BCUT2D eigenvalue weighted by Gasteiger charge is 2.22. The largest absolute Gasteiger partial charge is 0.203 e. The Morgan fingerprint density at radius 1 is 1.00 bits per heavy atom. The van der Waals surface area contributed by atoms with E-state index in [1.807, 2.05) is 0 Å². The fourth-order valence-corrected chi connectivity index (χ4v) is 1.11. The number of hydrogen-bond acceptors (Lipinski definition) is 0. The van der Waals surface area contributed by atoms with E-state index in [-0.39, 0.29) is 6.42 Å². The normalized spacial score (nSPS) is 10.0. The number of benzene rings is 1. The van der Waals surface area contributed by atoms with Crippen LogP contribution in [0.15, 0.2) is 0 Å². The van der Waals surface area contributed by atoms with E-state index >= 15 is 0 Å². The fourth-order valence-electron chi connectivity index (χ4n) is 1.11. The van der Waals surface area contributed by atoms with Crippen molar-refractivity contribution in [2.24, 2.45) is 0 Å². The summed E-state index contributed by atoms with van der Waals surface area (Å²) in [5.41, 5.74) is -1.63. The molecule has 0 saturated heterocycles. The Morgan fingerprint density at radius 2 is 1.43 bits per heavy atom.